The second-order valence-corrected chi connectivity index (χ2v) is 5.03. The molecule has 3 aromatic rings. The average molecular weight is 285 g/mol. The summed E-state index contributed by atoms with van der Waals surface area (Å²) in [5.41, 5.74) is 7.85. The molecule has 0 saturated heterocycles. The summed E-state index contributed by atoms with van der Waals surface area (Å²) in [5, 5.41) is 11.5. The number of nitrogens with two attached hydrogens (primary N) is 1. The first-order valence-electron chi connectivity index (χ1n) is 6.80. The SMILES string of the molecule is NCC(c1cccc(F)c1)C(O)c1coc2ccccc12. The number of benzene rings is 2. The molecule has 0 radical (unpaired) electrons. The standard InChI is InChI=1S/C17H16FNO2/c18-12-5-3-4-11(8-12)14(9-19)17(20)15-10-21-16-7-2-1-6-13(15)16/h1-8,10,14,17,20H,9,19H2. The summed E-state index contributed by atoms with van der Waals surface area (Å²) in [5.74, 6) is -0.725. The topological polar surface area (TPSA) is 59.4 Å². The quantitative estimate of drug-likeness (QED) is 0.773. The number of para-hydroxylation sites is 1. The number of hydrogen-bond acceptors (Lipinski definition) is 3. The fraction of sp³-hybridized carbons (Fsp3) is 0.176. The van der Waals surface area contributed by atoms with E-state index in [1.165, 1.54) is 18.4 Å². The van der Waals surface area contributed by atoms with Crippen LogP contribution in [0.25, 0.3) is 11.0 Å². The summed E-state index contributed by atoms with van der Waals surface area (Å²) in [7, 11) is 0. The Balaban J connectivity index is 2.01. The van der Waals surface area contributed by atoms with Crippen LogP contribution in [0.3, 0.4) is 0 Å². The van der Waals surface area contributed by atoms with Gasteiger partial charge in [0.1, 0.15) is 11.4 Å². The van der Waals surface area contributed by atoms with Crippen LogP contribution in [-0.2, 0) is 0 Å². The highest BCUT2D eigenvalue weighted by Gasteiger charge is 2.25. The highest BCUT2D eigenvalue weighted by Crippen LogP contribution is 2.35. The minimum atomic E-state index is -0.847. The lowest BCUT2D eigenvalue weighted by Crippen LogP contribution is -2.20. The predicted molar refractivity (Wildman–Crippen MR) is 79.4 cm³/mol. The van der Waals surface area contributed by atoms with Gasteiger partial charge in [-0.1, -0.05) is 30.3 Å². The van der Waals surface area contributed by atoms with Gasteiger partial charge in [0.15, 0.2) is 0 Å². The lowest BCUT2D eigenvalue weighted by atomic mass is 9.89. The third-order valence-corrected chi connectivity index (χ3v) is 3.74. The van der Waals surface area contributed by atoms with E-state index in [-0.39, 0.29) is 18.3 Å². The van der Waals surface area contributed by atoms with Gasteiger partial charge in [-0.25, -0.2) is 4.39 Å². The molecular weight excluding hydrogens is 269 g/mol. The predicted octanol–water partition coefficient (Wildman–Crippen LogP) is 3.35. The smallest absolute Gasteiger partial charge is 0.134 e. The Hall–Kier alpha value is -2.17. The van der Waals surface area contributed by atoms with Crippen LogP contribution in [0, 0.1) is 5.82 Å². The molecule has 0 aliphatic carbocycles. The van der Waals surface area contributed by atoms with Crippen LogP contribution in [0.4, 0.5) is 4.39 Å². The summed E-state index contributed by atoms with van der Waals surface area (Å²) in [6, 6.07) is 13.6. The van der Waals surface area contributed by atoms with E-state index in [1.807, 2.05) is 24.3 Å². The Kier molecular flexibility index (Phi) is 3.73. The van der Waals surface area contributed by atoms with E-state index in [2.05, 4.69) is 0 Å². The molecular formula is C17H16FNO2. The molecule has 2 unspecified atom stereocenters. The van der Waals surface area contributed by atoms with E-state index in [9.17, 15) is 9.50 Å². The van der Waals surface area contributed by atoms with Crippen LogP contribution in [0.1, 0.15) is 23.1 Å². The number of aliphatic hydroxyl groups excluding tert-OH is 1. The Morgan fingerprint density at radius 1 is 1.14 bits per heavy atom. The molecule has 1 aromatic heterocycles. The van der Waals surface area contributed by atoms with E-state index in [0.717, 1.165) is 5.39 Å². The average Bonchev–Trinajstić information content (AvgIpc) is 2.92. The fourth-order valence-corrected chi connectivity index (χ4v) is 2.63. The first-order chi connectivity index (χ1) is 10.2. The van der Waals surface area contributed by atoms with E-state index in [1.54, 1.807) is 12.1 Å². The first-order valence-corrected chi connectivity index (χ1v) is 6.80. The zero-order valence-electron chi connectivity index (χ0n) is 11.4. The number of halogens is 1. The molecule has 2 atom stereocenters. The van der Waals surface area contributed by atoms with Gasteiger partial charge in [0, 0.05) is 23.4 Å². The van der Waals surface area contributed by atoms with E-state index in [4.69, 9.17) is 10.2 Å². The van der Waals surface area contributed by atoms with Crippen molar-refractivity contribution >= 4 is 11.0 Å². The molecule has 4 heteroatoms. The molecule has 0 amide bonds. The lowest BCUT2D eigenvalue weighted by Gasteiger charge is -2.21. The molecule has 3 N–H and O–H groups in total. The van der Waals surface area contributed by atoms with Crippen LogP contribution < -0.4 is 5.73 Å². The second-order valence-electron chi connectivity index (χ2n) is 5.03. The van der Waals surface area contributed by atoms with Crippen molar-refractivity contribution in [3.8, 4) is 0 Å². The minimum absolute atomic E-state index is 0.212. The van der Waals surface area contributed by atoms with Crippen LogP contribution in [0.15, 0.2) is 59.2 Å². The molecule has 2 aromatic carbocycles. The molecule has 0 fully saturated rings. The molecule has 21 heavy (non-hydrogen) atoms. The Labute approximate surface area is 121 Å². The number of hydrogen-bond donors (Lipinski definition) is 2. The monoisotopic (exact) mass is 285 g/mol. The summed E-state index contributed by atoms with van der Waals surface area (Å²) >= 11 is 0. The molecule has 0 aliphatic rings. The van der Waals surface area contributed by atoms with Crippen molar-refractivity contribution in [1.82, 2.24) is 0 Å². The van der Waals surface area contributed by atoms with Crippen molar-refractivity contribution in [2.75, 3.05) is 6.54 Å². The summed E-state index contributed by atoms with van der Waals surface area (Å²) in [6.45, 7) is 0.212. The molecule has 0 saturated carbocycles. The number of rotatable bonds is 4. The van der Waals surface area contributed by atoms with Crippen LogP contribution >= 0.6 is 0 Å². The fourth-order valence-electron chi connectivity index (χ4n) is 2.63. The minimum Gasteiger partial charge on any atom is -0.464 e. The zero-order chi connectivity index (χ0) is 14.8. The van der Waals surface area contributed by atoms with E-state index in [0.29, 0.717) is 16.7 Å². The van der Waals surface area contributed by atoms with Gasteiger partial charge >= 0.3 is 0 Å². The van der Waals surface area contributed by atoms with Gasteiger partial charge < -0.3 is 15.3 Å². The third kappa shape index (κ3) is 2.55. The number of aliphatic hydroxyl groups is 1. The van der Waals surface area contributed by atoms with Crippen molar-refractivity contribution in [2.45, 2.75) is 12.0 Å². The Morgan fingerprint density at radius 2 is 1.95 bits per heavy atom. The molecule has 108 valence electrons. The molecule has 3 rings (SSSR count). The maximum absolute atomic E-state index is 13.4. The van der Waals surface area contributed by atoms with Gasteiger partial charge in [0.2, 0.25) is 0 Å². The lowest BCUT2D eigenvalue weighted by molar-refractivity contribution is 0.148. The van der Waals surface area contributed by atoms with Crippen molar-refractivity contribution in [3.05, 3.63) is 71.7 Å². The highest BCUT2D eigenvalue weighted by molar-refractivity contribution is 5.81. The van der Waals surface area contributed by atoms with Crippen molar-refractivity contribution < 1.29 is 13.9 Å². The van der Waals surface area contributed by atoms with Crippen LogP contribution in [0.5, 0.6) is 0 Å². The molecule has 0 spiro atoms. The first kappa shape index (κ1) is 13.8. The summed E-state index contributed by atoms with van der Waals surface area (Å²) < 4.78 is 18.8. The molecule has 1 heterocycles. The van der Waals surface area contributed by atoms with Gasteiger partial charge in [0.05, 0.1) is 12.4 Å². The summed E-state index contributed by atoms with van der Waals surface area (Å²) in [4.78, 5) is 0. The van der Waals surface area contributed by atoms with Gasteiger partial charge in [-0.2, -0.15) is 0 Å². The maximum Gasteiger partial charge on any atom is 0.134 e. The molecule has 3 nitrogen and oxygen atoms in total. The molecule has 0 aliphatic heterocycles. The largest absolute Gasteiger partial charge is 0.464 e. The Morgan fingerprint density at radius 3 is 2.71 bits per heavy atom. The normalized spacial score (nSPS) is 14.2. The second kappa shape index (κ2) is 5.68. The maximum atomic E-state index is 13.4. The Bertz CT molecular complexity index is 753. The van der Waals surface area contributed by atoms with E-state index < -0.39 is 6.10 Å². The highest BCUT2D eigenvalue weighted by atomic mass is 19.1. The van der Waals surface area contributed by atoms with Gasteiger partial charge in [-0.15, -0.1) is 0 Å². The number of furan rings is 1. The van der Waals surface area contributed by atoms with Crippen molar-refractivity contribution in [1.29, 1.82) is 0 Å². The van der Waals surface area contributed by atoms with Crippen molar-refractivity contribution in [2.24, 2.45) is 5.73 Å². The van der Waals surface area contributed by atoms with Gasteiger partial charge in [-0.05, 0) is 23.8 Å². The van der Waals surface area contributed by atoms with Crippen LogP contribution in [0.2, 0.25) is 0 Å². The van der Waals surface area contributed by atoms with Crippen LogP contribution in [-0.4, -0.2) is 11.7 Å². The number of fused-ring (bicyclic) bond motifs is 1. The third-order valence-electron chi connectivity index (χ3n) is 3.74. The van der Waals surface area contributed by atoms with Gasteiger partial charge in [0.25, 0.3) is 0 Å². The zero-order valence-corrected chi connectivity index (χ0v) is 11.4. The van der Waals surface area contributed by atoms with Crippen molar-refractivity contribution in [3.63, 3.8) is 0 Å². The summed E-state index contributed by atoms with van der Waals surface area (Å²) in [6.07, 6.45) is 0.692. The van der Waals surface area contributed by atoms with E-state index >= 15 is 0 Å². The van der Waals surface area contributed by atoms with Gasteiger partial charge in [-0.3, -0.25) is 0 Å². The molecule has 0 bridgehead atoms.